The van der Waals surface area contributed by atoms with Crippen molar-refractivity contribution in [1.82, 2.24) is 9.29 Å². The molecule has 0 radical (unpaired) electrons. The first kappa shape index (κ1) is 18.1. The number of sulfonamides is 1. The molecule has 1 unspecified atom stereocenters. The second kappa shape index (κ2) is 7.05. The summed E-state index contributed by atoms with van der Waals surface area (Å²) in [6.45, 7) is 0.597. The third-order valence-corrected chi connectivity index (χ3v) is 6.54. The summed E-state index contributed by atoms with van der Waals surface area (Å²) < 4.78 is 45.5. The van der Waals surface area contributed by atoms with Gasteiger partial charge >= 0.3 is 0 Å². The molecule has 142 valence electrons. The molecule has 8 heteroatoms. The van der Waals surface area contributed by atoms with Crippen molar-refractivity contribution in [3.05, 3.63) is 54.5 Å². The quantitative estimate of drug-likeness (QED) is 0.719. The average molecular weight is 390 g/mol. The van der Waals surface area contributed by atoms with Gasteiger partial charge in [0.25, 0.3) is 0 Å². The van der Waals surface area contributed by atoms with Crippen LogP contribution in [0.5, 0.6) is 0 Å². The van der Waals surface area contributed by atoms with Gasteiger partial charge in [-0.15, -0.1) is 0 Å². The first-order chi connectivity index (χ1) is 12.9. The van der Waals surface area contributed by atoms with Crippen LogP contribution in [0.1, 0.15) is 0 Å². The molecule has 1 saturated heterocycles. The van der Waals surface area contributed by atoms with E-state index in [0.29, 0.717) is 5.52 Å². The van der Waals surface area contributed by atoms with E-state index in [0.717, 1.165) is 16.5 Å². The van der Waals surface area contributed by atoms with Crippen LogP contribution < -0.4 is 0 Å². The van der Waals surface area contributed by atoms with Crippen molar-refractivity contribution in [3.63, 3.8) is 0 Å². The number of rotatable bonds is 3. The highest BCUT2D eigenvalue weighted by atomic mass is 32.2. The fraction of sp³-hybridized carbons (Fsp3) is 0.263. The largest absolute Gasteiger partial charge is 0.389 e. The van der Waals surface area contributed by atoms with Crippen LogP contribution in [0.15, 0.2) is 53.6 Å². The van der Waals surface area contributed by atoms with E-state index in [-0.39, 0.29) is 37.0 Å². The molecule has 2 aromatic carbocycles. The van der Waals surface area contributed by atoms with Crippen LogP contribution in [0.3, 0.4) is 0 Å². The zero-order chi connectivity index (χ0) is 19.0. The van der Waals surface area contributed by atoms with Crippen molar-refractivity contribution < 1.29 is 22.7 Å². The lowest BCUT2D eigenvalue weighted by Crippen LogP contribution is -2.37. The summed E-state index contributed by atoms with van der Waals surface area (Å²) in [5, 5.41) is 10.7. The molecular weight excluding hydrogens is 371 g/mol. The summed E-state index contributed by atoms with van der Waals surface area (Å²) >= 11 is 0. The summed E-state index contributed by atoms with van der Waals surface area (Å²) in [5.41, 5.74) is 2.37. The Morgan fingerprint density at radius 1 is 1.19 bits per heavy atom. The Bertz CT molecular complexity index is 1060. The van der Waals surface area contributed by atoms with Crippen molar-refractivity contribution in [2.75, 3.05) is 26.3 Å². The molecule has 1 fully saturated rings. The molecule has 1 aliphatic rings. The number of aliphatic hydroxyl groups is 1. The summed E-state index contributed by atoms with van der Waals surface area (Å²) in [6.07, 6.45) is 0.934. The second-order valence-electron chi connectivity index (χ2n) is 6.51. The van der Waals surface area contributed by atoms with Gasteiger partial charge in [-0.3, -0.25) is 0 Å². The minimum Gasteiger partial charge on any atom is -0.389 e. The first-order valence-corrected chi connectivity index (χ1v) is 10.0. The Hall–Kier alpha value is -2.26. The van der Waals surface area contributed by atoms with Crippen LogP contribution in [0.25, 0.3) is 22.0 Å². The number of ether oxygens (including phenoxy) is 1. The van der Waals surface area contributed by atoms with E-state index in [2.05, 4.69) is 4.98 Å². The maximum Gasteiger partial charge on any atom is 0.243 e. The zero-order valence-corrected chi connectivity index (χ0v) is 15.2. The molecule has 1 aromatic heterocycles. The molecule has 6 nitrogen and oxygen atoms in total. The number of fused-ring (bicyclic) bond motifs is 1. The number of H-pyrrole nitrogens is 1. The smallest absolute Gasteiger partial charge is 0.243 e. The van der Waals surface area contributed by atoms with E-state index in [4.69, 9.17) is 4.74 Å². The number of hydrogen-bond acceptors (Lipinski definition) is 4. The van der Waals surface area contributed by atoms with Crippen LogP contribution >= 0.6 is 0 Å². The molecule has 0 amide bonds. The number of aromatic nitrogens is 1. The lowest BCUT2D eigenvalue weighted by atomic mass is 10.1. The number of aliphatic hydroxyl groups excluding tert-OH is 1. The standard InChI is InChI=1S/C19H19FN2O4S/c20-14-3-6-17-18(10-21-19(17)9-14)13-1-4-16(5-2-13)27(24,25)22-7-8-26-12-15(23)11-22/h1-6,9-10,15,21,23H,7-8,11-12H2. The highest BCUT2D eigenvalue weighted by Gasteiger charge is 2.28. The molecule has 2 N–H and O–H groups in total. The fourth-order valence-electron chi connectivity index (χ4n) is 3.28. The molecule has 1 aliphatic heterocycles. The number of aromatic amines is 1. The topological polar surface area (TPSA) is 82.6 Å². The Kier molecular flexibility index (Phi) is 4.73. The second-order valence-corrected chi connectivity index (χ2v) is 8.45. The van der Waals surface area contributed by atoms with Gasteiger partial charge in [0.05, 0.1) is 24.2 Å². The maximum absolute atomic E-state index is 13.3. The Balaban J connectivity index is 1.65. The van der Waals surface area contributed by atoms with E-state index < -0.39 is 16.1 Å². The molecule has 0 bridgehead atoms. The minimum absolute atomic E-state index is 0.0120. The average Bonchev–Trinajstić information content (AvgIpc) is 2.93. The highest BCUT2D eigenvalue weighted by Crippen LogP contribution is 2.30. The van der Waals surface area contributed by atoms with E-state index in [1.165, 1.54) is 16.4 Å². The van der Waals surface area contributed by atoms with Gasteiger partial charge < -0.3 is 14.8 Å². The van der Waals surface area contributed by atoms with Crippen molar-refractivity contribution in [1.29, 1.82) is 0 Å². The van der Waals surface area contributed by atoms with Crippen molar-refractivity contribution in [3.8, 4) is 11.1 Å². The van der Waals surface area contributed by atoms with E-state index in [1.807, 2.05) is 0 Å². The normalized spacial score (nSPS) is 19.3. The van der Waals surface area contributed by atoms with Gasteiger partial charge in [-0.05, 0) is 35.9 Å². The van der Waals surface area contributed by atoms with Crippen molar-refractivity contribution >= 4 is 20.9 Å². The number of nitrogens with one attached hydrogen (secondary N) is 1. The molecule has 0 saturated carbocycles. The van der Waals surface area contributed by atoms with Gasteiger partial charge in [0.2, 0.25) is 10.0 Å². The Labute approximate surface area is 156 Å². The van der Waals surface area contributed by atoms with Gasteiger partial charge in [0.15, 0.2) is 0 Å². The lowest BCUT2D eigenvalue weighted by Gasteiger charge is -2.21. The molecule has 1 atom stereocenters. The molecule has 27 heavy (non-hydrogen) atoms. The van der Waals surface area contributed by atoms with Gasteiger partial charge in [-0.1, -0.05) is 12.1 Å². The maximum atomic E-state index is 13.3. The molecule has 3 aromatic rings. The van der Waals surface area contributed by atoms with E-state index >= 15 is 0 Å². The monoisotopic (exact) mass is 390 g/mol. The fourth-order valence-corrected chi connectivity index (χ4v) is 4.74. The van der Waals surface area contributed by atoms with Crippen LogP contribution in [0.4, 0.5) is 4.39 Å². The van der Waals surface area contributed by atoms with Gasteiger partial charge in [-0.2, -0.15) is 4.31 Å². The van der Waals surface area contributed by atoms with Crippen molar-refractivity contribution in [2.45, 2.75) is 11.0 Å². The van der Waals surface area contributed by atoms with Gasteiger partial charge in [0.1, 0.15) is 5.82 Å². The third kappa shape index (κ3) is 3.49. The summed E-state index contributed by atoms with van der Waals surface area (Å²) in [5.74, 6) is -0.319. The molecule has 4 rings (SSSR count). The summed E-state index contributed by atoms with van der Waals surface area (Å²) in [6, 6.07) is 11.1. The van der Waals surface area contributed by atoms with Crippen LogP contribution in [0, 0.1) is 5.82 Å². The minimum atomic E-state index is -3.72. The van der Waals surface area contributed by atoms with Crippen LogP contribution in [-0.4, -0.2) is 55.2 Å². The third-order valence-electron chi connectivity index (χ3n) is 4.66. The number of halogens is 1. The van der Waals surface area contributed by atoms with Crippen LogP contribution in [0.2, 0.25) is 0 Å². The lowest BCUT2D eigenvalue weighted by molar-refractivity contribution is 0.0583. The molecular formula is C19H19FN2O4S. The Morgan fingerprint density at radius 3 is 2.74 bits per heavy atom. The SMILES string of the molecule is O=S(=O)(c1ccc(-c2c[nH]c3cc(F)ccc23)cc1)N1CCOCC(O)C1. The molecule has 0 spiro atoms. The molecule has 2 heterocycles. The number of benzene rings is 2. The van der Waals surface area contributed by atoms with Crippen LogP contribution in [-0.2, 0) is 14.8 Å². The number of β-amino-alcohol motifs (C(OH)–C–C–N with tert-alkyl or cyclic N) is 1. The first-order valence-electron chi connectivity index (χ1n) is 8.58. The van der Waals surface area contributed by atoms with Gasteiger partial charge in [-0.25, -0.2) is 12.8 Å². The molecule has 0 aliphatic carbocycles. The highest BCUT2D eigenvalue weighted by molar-refractivity contribution is 7.89. The van der Waals surface area contributed by atoms with Crippen molar-refractivity contribution in [2.24, 2.45) is 0 Å². The summed E-state index contributed by atoms with van der Waals surface area (Å²) in [7, 11) is -3.72. The predicted molar refractivity (Wildman–Crippen MR) is 99.3 cm³/mol. The number of nitrogens with zero attached hydrogens (tertiary/aromatic N) is 1. The van der Waals surface area contributed by atoms with Gasteiger partial charge in [0, 0.05) is 35.8 Å². The van der Waals surface area contributed by atoms with E-state index in [1.54, 1.807) is 36.5 Å². The van der Waals surface area contributed by atoms with E-state index in [9.17, 15) is 17.9 Å². The number of hydrogen-bond donors (Lipinski definition) is 2. The summed E-state index contributed by atoms with van der Waals surface area (Å²) in [4.78, 5) is 3.19. The predicted octanol–water partition coefficient (Wildman–Crippen LogP) is 2.36. The Morgan fingerprint density at radius 2 is 1.96 bits per heavy atom. The zero-order valence-electron chi connectivity index (χ0n) is 14.4.